The Hall–Kier alpha value is -2.69. The summed E-state index contributed by atoms with van der Waals surface area (Å²) in [4.78, 5) is 14.8. The lowest BCUT2D eigenvalue weighted by Crippen LogP contribution is -2.05. The van der Waals surface area contributed by atoms with Crippen molar-refractivity contribution >= 4 is 24.0 Å². The zero-order chi connectivity index (χ0) is 17.7. The van der Waals surface area contributed by atoms with Crippen LogP contribution in [0.4, 0.5) is 15.8 Å². The van der Waals surface area contributed by atoms with Crippen LogP contribution in [-0.4, -0.2) is 19.2 Å². The zero-order valence-electron chi connectivity index (χ0n) is 13.7. The molecule has 0 radical (unpaired) electrons. The molecule has 0 heterocycles. The van der Waals surface area contributed by atoms with Gasteiger partial charge in [-0.3, -0.25) is 4.79 Å². The number of carbonyl (C=O) groups is 1. The summed E-state index contributed by atoms with van der Waals surface area (Å²) in [6.07, 6.45) is 5.47. The van der Waals surface area contributed by atoms with E-state index in [1.54, 1.807) is 24.3 Å². The molecule has 23 heavy (non-hydrogen) atoms. The van der Waals surface area contributed by atoms with Crippen LogP contribution in [-0.2, 0) is 0 Å². The molecule has 0 aliphatic heterocycles. The van der Waals surface area contributed by atoms with Gasteiger partial charge in [0, 0.05) is 12.1 Å². The third-order valence-electron chi connectivity index (χ3n) is 2.64. The van der Waals surface area contributed by atoms with Gasteiger partial charge in [-0.15, -0.1) is 6.58 Å². The summed E-state index contributed by atoms with van der Waals surface area (Å²) in [5.41, 5.74) is 7.82. The molecule has 124 valence electrons. The Bertz CT molecular complexity index is 592. The van der Waals surface area contributed by atoms with Crippen LogP contribution in [0.1, 0.15) is 30.6 Å². The van der Waals surface area contributed by atoms with Crippen LogP contribution < -0.4 is 11.1 Å². The highest BCUT2D eigenvalue weighted by molar-refractivity contribution is 5.82. The molecule has 1 rings (SSSR count). The van der Waals surface area contributed by atoms with Crippen LogP contribution in [0.15, 0.2) is 59.9 Å². The van der Waals surface area contributed by atoms with E-state index < -0.39 is 5.83 Å². The van der Waals surface area contributed by atoms with Crippen LogP contribution in [0.25, 0.3) is 0 Å². The van der Waals surface area contributed by atoms with Crippen molar-refractivity contribution < 1.29 is 9.18 Å². The monoisotopic (exact) mass is 317 g/mol. The molecule has 0 amide bonds. The fraction of sp³-hybridized carbons (Fsp3) is 0.222. The van der Waals surface area contributed by atoms with Gasteiger partial charge in [-0.05, 0) is 36.3 Å². The first kappa shape index (κ1) is 20.3. The normalized spacial score (nSPS) is 10.7. The second-order valence-electron chi connectivity index (χ2n) is 4.27. The maximum absolute atomic E-state index is 12.9. The van der Waals surface area contributed by atoms with E-state index in [4.69, 9.17) is 5.73 Å². The summed E-state index contributed by atoms with van der Waals surface area (Å²) in [5.74, 6) is -0.518. The summed E-state index contributed by atoms with van der Waals surface area (Å²) in [6, 6.07) is 4.98. The van der Waals surface area contributed by atoms with Gasteiger partial charge >= 0.3 is 0 Å². The predicted octanol–water partition coefficient (Wildman–Crippen LogP) is 4.54. The van der Waals surface area contributed by atoms with Crippen molar-refractivity contribution in [3.8, 4) is 0 Å². The highest BCUT2D eigenvalue weighted by Crippen LogP contribution is 2.26. The van der Waals surface area contributed by atoms with Crippen LogP contribution >= 0.6 is 0 Å². The summed E-state index contributed by atoms with van der Waals surface area (Å²) >= 11 is 0. The van der Waals surface area contributed by atoms with Crippen molar-refractivity contribution in [3.63, 3.8) is 0 Å². The number of halogens is 1. The molecule has 0 bridgehead atoms. The van der Waals surface area contributed by atoms with Gasteiger partial charge in [0.25, 0.3) is 0 Å². The number of nitrogens with zero attached hydrogens (tertiary/aromatic N) is 1. The number of nitrogens with two attached hydrogens (primary N) is 1. The van der Waals surface area contributed by atoms with Crippen molar-refractivity contribution in [2.75, 3.05) is 11.9 Å². The van der Waals surface area contributed by atoms with E-state index in [2.05, 4.69) is 23.5 Å². The summed E-state index contributed by atoms with van der Waals surface area (Å²) in [6.45, 7) is 11.2. The van der Waals surface area contributed by atoms with Crippen molar-refractivity contribution in [2.24, 2.45) is 10.7 Å². The molecule has 0 saturated carbocycles. The molecule has 0 aliphatic rings. The molecule has 4 nitrogen and oxygen atoms in total. The van der Waals surface area contributed by atoms with E-state index in [0.29, 0.717) is 29.9 Å². The van der Waals surface area contributed by atoms with E-state index in [1.807, 2.05) is 13.8 Å². The second-order valence-corrected chi connectivity index (χ2v) is 4.27. The summed E-state index contributed by atoms with van der Waals surface area (Å²) in [7, 11) is 0. The smallest absolute Gasteiger partial charge is 0.150 e. The van der Waals surface area contributed by atoms with E-state index in [9.17, 15) is 9.18 Å². The number of anilines is 1. The van der Waals surface area contributed by atoms with Gasteiger partial charge in [0.1, 0.15) is 12.1 Å². The predicted molar refractivity (Wildman–Crippen MR) is 97.2 cm³/mol. The Morgan fingerprint density at radius 3 is 2.65 bits per heavy atom. The standard InChI is InChI=1S/C16H18FN3O.C2H6/c1-3-4-13(7-12(2)17)9-19-16-8-14(10-21)5-6-15(16)20-11-18;1-2/h3,5-8,10-11,19H,1-2,4,9H2,(H2,18,20);1-2H3. The van der Waals surface area contributed by atoms with E-state index in [0.717, 1.165) is 11.9 Å². The SMILES string of the molecule is C=CCC(=CC(=C)F)CNc1cc(C=O)ccc1N=CN.CC. The average molecular weight is 317 g/mol. The molecule has 5 heteroatoms. The fourth-order valence-electron chi connectivity index (χ4n) is 1.76. The number of nitrogens with one attached hydrogen (secondary N) is 1. The molecule has 0 fully saturated rings. The first-order valence-electron chi connectivity index (χ1n) is 7.32. The van der Waals surface area contributed by atoms with Crippen molar-refractivity contribution in [3.05, 3.63) is 60.5 Å². The highest BCUT2D eigenvalue weighted by Gasteiger charge is 2.04. The van der Waals surface area contributed by atoms with Crippen molar-refractivity contribution in [1.82, 2.24) is 0 Å². The second kappa shape index (κ2) is 11.9. The highest BCUT2D eigenvalue weighted by atomic mass is 19.1. The number of carbonyl (C=O) groups excluding carboxylic acids is 1. The molecule has 3 N–H and O–H groups in total. The van der Waals surface area contributed by atoms with Gasteiger partial charge in [0.05, 0.1) is 17.7 Å². The van der Waals surface area contributed by atoms with Gasteiger partial charge in [0.15, 0.2) is 0 Å². The van der Waals surface area contributed by atoms with Gasteiger partial charge in [-0.2, -0.15) is 0 Å². The van der Waals surface area contributed by atoms with Crippen molar-refractivity contribution in [2.45, 2.75) is 20.3 Å². The topological polar surface area (TPSA) is 67.5 Å². The molecule has 0 saturated heterocycles. The largest absolute Gasteiger partial charge is 0.390 e. The summed E-state index contributed by atoms with van der Waals surface area (Å²) in [5, 5.41) is 3.11. The average Bonchev–Trinajstić information content (AvgIpc) is 2.55. The fourth-order valence-corrected chi connectivity index (χ4v) is 1.76. The Balaban J connectivity index is 0.00000232. The minimum Gasteiger partial charge on any atom is -0.390 e. The Labute approximate surface area is 137 Å². The minimum atomic E-state index is -0.518. The summed E-state index contributed by atoms with van der Waals surface area (Å²) < 4.78 is 12.9. The van der Waals surface area contributed by atoms with E-state index >= 15 is 0 Å². The molecule has 0 atom stereocenters. The quantitative estimate of drug-likeness (QED) is 0.243. The number of rotatable bonds is 8. The van der Waals surface area contributed by atoms with Crippen LogP contribution in [0.5, 0.6) is 0 Å². The minimum absolute atomic E-state index is 0.379. The molecule has 1 aromatic carbocycles. The first-order chi connectivity index (χ1) is 11.1. The third-order valence-corrected chi connectivity index (χ3v) is 2.64. The van der Waals surface area contributed by atoms with Gasteiger partial charge in [-0.25, -0.2) is 9.38 Å². The van der Waals surface area contributed by atoms with E-state index in [-0.39, 0.29) is 0 Å². The molecule has 0 aliphatic carbocycles. The maximum atomic E-state index is 12.9. The maximum Gasteiger partial charge on any atom is 0.150 e. The lowest BCUT2D eigenvalue weighted by Gasteiger charge is -2.11. The third kappa shape index (κ3) is 7.76. The lowest BCUT2D eigenvalue weighted by atomic mass is 10.1. The van der Waals surface area contributed by atoms with E-state index in [1.165, 1.54) is 12.4 Å². The van der Waals surface area contributed by atoms with Crippen molar-refractivity contribution in [1.29, 1.82) is 0 Å². The number of hydrogen-bond donors (Lipinski definition) is 2. The first-order valence-corrected chi connectivity index (χ1v) is 7.32. The Morgan fingerprint density at radius 2 is 2.13 bits per heavy atom. The Morgan fingerprint density at radius 1 is 1.43 bits per heavy atom. The van der Waals surface area contributed by atoms with Gasteiger partial charge < -0.3 is 11.1 Å². The lowest BCUT2D eigenvalue weighted by molar-refractivity contribution is 0.112. The molecular weight excluding hydrogens is 293 g/mol. The number of aliphatic imine (C=N–C) groups is 1. The zero-order valence-corrected chi connectivity index (χ0v) is 13.7. The van der Waals surface area contributed by atoms with Gasteiger partial charge in [0.2, 0.25) is 0 Å². The number of aldehydes is 1. The molecule has 0 unspecified atom stereocenters. The van der Waals surface area contributed by atoms with Crippen LogP contribution in [0.3, 0.4) is 0 Å². The molecule has 1 aromatic rings. The molecule has 0 aromatic heterocycles. The Kier molecular flexibility index (Phi) is 10.5. The molecular formula is C18H24FN3O. The number of hydrogen-bond acceptors (Lipinski definition) is 3. The van der Waals surface area contributed by atoms with Gasteiger partial charge in [-0.1, -0.05) is 26.5 Å². The van der Waals surface area contributed by atoms with Crippen LogP contribution in [0, 0.1) is 0 Å². The molecule has 0 spiro atoms. The number of benzene rings is 1. The van der Waals surface area contributed by atoms with Crippen LogP contribution in [0.2, 0.25) is 0 Å². The number of allylic oxidation sites excluding steroid dienone is 3.